The van der Waals surface area contributed by atoms with Crippen molar-refractivity contribution in [3.63, 3.8) is 0 Å². The van der Waals surface area contributed by atoms with E-state index >= 15 is 0 Å². The lowest BCUT2D eigenvalue weighted by molar-refractivity contribution is 1.15. The van der Waals surface area contributed by atoms with Gasteiger partial charge in [0.2, 0.25) is 0 Å². The van der Waals surface area contributed by atoms with Crippen molar-refractivity contribution in [2.24, 2.45) is 0 Å². The highest BCUT2D eigenvalue weighted by Gasteiger charge is 2.08. The van der Waals surface area contributed by atoms with Crippen LogP contribution >= 0.6 is 34.2 Å². The van der Waals surface area contributed by atoms with Crippen LogP contribution < -0.4 is 5.56 Å². The maximum Gasteiger partial charge on any atom is 0.261 e. The molecule has 4 nitrogen and oxygen atoms in total. The maximum atomic E-state index is 11.3. The Kier molecular flexibility index (Phi) is 2.20. The van der Waals surface area contributed by atoms with Gasteiger partial charge in [0.15, 0.2) is 0 Å². The number of aromatic nitrogens is 3. The van der Waals surface area contributed by atoms with E-state index in [1.807, 2.05) is 0 Å². The van der Waals surface area contributed by atoms with Crippen LogP contribution in [0.1, 0.15) is 0 Å². The lowest BCUT2D eigenvalue weighted by Crippen LogP contribution is -2.08. The summed E-state index contributed by atoms with van der Waals surface area (Å²) in [6, 6.07) is 0. The number of nitrogens with one attached hydrogen (secondary N) is 1. The van der Waals surface area contributed by atoms with E-state index in [9.17, 15) is 4.79 Å². The second kappa shape index (κ2) is 3.22. The molecule has 0 aliphatic heterocycles. The molecule has 0 fully saturated rings. The molecule has 0 bridgehead atoms. The van der Waals surface area contributed by atoms with Gasteiger partial charge in [-0.2, -0.15) is 0 Å². The van der Waals surface area contributed by atoms with Crippen molar-refractivity contribution in [2.45, 2.75) is 0 Å². The molecule has 0 atom stereocenters. The quantitative estimate of drug-likeness (QED) is 0.594. The van der Waals surface area contributed by atoms with E-state index in [-0.39, 0.29) is 10.7 Å². The predicted octanol–water partition coefficient (Wildman–Crippen LogP) is 1.58. The Balaban J connectivity index is 3.09. The average molecular weight is 307 g/mol. The van der Waals surface area contributed by atoms with Gasteiger partial charge >= 0.3 is 0 Å². The lowest BCUT2D eigenvalue weighted by Gasteiger charge is -1.98. The first-order valence-corrected chi connectivity index (χ1v) is 4.83. The zero-order valence-electron chi connectivity index (χ0n) is 6.21. The van der Waals surface area contributed by atoms with Gasteiger partial charge in [0.05, 0.1) is 15.4 Å². The van der Waals surface area contributed by atoms with Crippen LogP contribution in [0.4, 0.5) is 0 Å². The van der Waals surface area contributed by atoms with Crippen molar-refractivity contribution in [3.05, 3.63) is 31.6 Å². The number of hydrogen-bond donors (Lipinski definition) is 1. The highest BCUT2D eigenvalue weighted by molar-refractivity contribution is 14.1. The monoisotopic (exact) mass is 307 g/mol. The number of nitrogens with zero attached hydrogens (tertiary/aromatic N) is 2. The Morgan fingerprint density at radius 3 is 2.92 bits per heavy atom. The summed E-state index contributed by atoms with van der Waals surface area (Å²) in [5.74, 6) is 0. The van der Waals surface area contributed by atoms with E-state index in [1.165, 1.54) is 6.33 Å². The van der Waals surface area contributed by atoms with Crippen molar-refractivity contribution in [1.82, 2.24) is 15.0 Å². The molecule has 2 aromatic heterocycles. The second-order valence-electron chi connectivity index (χ2n) is 2.35. The minimum Gasteiger partial charge on any atom is -0.313 e. The number of fused-ring (bicyclic) bond motifs is 1. The Labute approximate surface area is 91.5 Å². The number of aromatic amines is 1. The number of H-pyrrole nitrogens is 1. The number of hydrogen-bond acceptors (Lipinski definition) is 3. The van der Waals surface area contributed by atoms with Crippen LogP contribution in [0.3, 0.4) is 0 Å². The van der Waals surface area contributed by atoms with Crippen molar-refractivity contribution in [1.29, 1.82) is 0 Å². The Bertz CT molecular complexity index is 525. The first kappa shape index (κ1) is 8.89. The molecule has 1 N–H and O–H groups in total. The van der Waals surface area contributed by atoms with Crippen LogP contribution in [0.15, 0.2) is 17.3 Å². The van der Waals surface area contributed by atoms with Gasteiger partial charge in [0.25, 0.3) is 5.56 Å². The van der Waals surface area contributed by atoms with Crippen LogP contribution in [0.5, 0.6) is 0 Å². The molecule has 0 aliphatic rings. The summed E-state index contributed by atoms with van der Waals surface area (Å²) in [6.45, 7) is 0. The summed E-state index contributed by atoms with van der Waals surface area (Å²) in [5, 5.41) is 0.529. The summed E-state index contributed by atoms with van der Waals surface area (Å²) >= 11 is 7.81. The molecule has 0 aliphatic carbocycles. The van der Waals surface area contributed by atoms with E-state index in [1.54, 1.807) is 6.20 Å². The van der Waals surface area contributed by atoms with Gasteiger partial charge in [-0.25, -0.2) is 9.97 Å². The molecule has 0 unspecified atom stereocenters. The normalized spacial score (nSPS) is 10.6. The Morgan fingerprint density at radius 1 is 1.46 bits per heavy atom. The fraction of sp³-hybridized carbons (Fsp3) is 0. The molecular weight excluding hydrogens is 304 g/mol. The third-order valence-corrected chi connectivity index (χ3v) is 2.65. The van der Waals surface area contributed by atoms with Crippen LogP contribution in [0.25, 0.3) is 10.9 Å². The standard InChI is InChI=1S/C7H3ClIN3O/c8-6-4-5(3(9)1-10-6)11-2-12-7(4)13/h1-2H,(H,11,12,13). The Morgan fingerprint density at radius 2 is 2.23 bits per heavy atom. The largest absolute Gasteiger partial charge is 0.313 e. The first-order valence-electron chi connectivity index (χ1n) is 3.37. The molecule has 66 valence electrons. The molecule has 0 spiro atoms. The summed E-state index contributed by atoms with van der Waals surface area (Å²) in [6.07, 6.45) is 2.93. The maximum absolute atomic E-state index is 11.3. The molecule has 13 heavy (non-hydrogen) atoms. The van der Waals surface area contributed by atoms with E-state index < -0.39 is 0 Å². The SMILES string of the molecule is O=c1[nH]cnc2c(I)cnc(Cl)c12. The van der Waals surface area contributed by atoms with E-state index in [4.69, 9.17) is 11.6 Å². The van der Waals surface area contributed by atoms with E-state index in [0.717, 1.165) is 3.57 Å². The van der Waals surface area contributed by atoms with Gasteiger partial charge in [-0.1, -0.05) is 11.6 Å². The van der Waals surface area contributed by atoms with E-state index in [0.29, 0.717) is 10.9 Å². The number of rotatable bonds is 0. The minimum absolute atomic E-state index is 0.185. The topological polar surface area (TPSA) is 58.6 Å². The van der Waals surface area contributed by atoms with Crippen LogP contribution in [-0.4, -0.2) is 15.0 Å². The number of halogens is 2. The van der Waals surface area contributed by atoms with Gasteiger partial charge in [0.1, 0.15) is 10.5 Å². The molecule has 0 saturated heterocycles. The van der Waals surface area contributed by atoms with Crippen molar-refractivity contribution < 1.29 is 0 Å². The lowest BCUT2D eigenvalue weighted by atomic mass is 10.3. The van der Waals surface area contributed by atoms with Gasteiger partial charge in [0, 0.05) is 6.20 Å². The molecule has 0 radical (unpaired) electrons. The van der Waals surface area contributed by atoms with Gasteiger partial charge in [-0.05, 0) is 22.6 Å². The minimum atomic E-state index is -0.263. The van der Waals surface area contributed by atoms with Gasteiger partial charge in [-0.3, -0.25) is 4.79 Å². The van der Waals surface area contributed by atoms with Crippen LogP contribution in [0, 0.1) is 3.57 Å². The molecule has 0 aromatic carbocycles. The molecule has 0 amide bonds. The number of pyridine rings is 1. The fourth-order valence-corrected chi connectivity index (χ4v) is 1.78. The summed E-state index contributed by atoms with van der Waals surface area (Å²) in [4.78, 5) is 21.7. The third kappa shape index (κ3) is 1.42. The summed E-state index contributed by atoms with van der Waals surface area (Å²) in [5.41, 5.74) is 0.324. The third-order valence-electron chi connectivity index (χ3n) is 1.58. The fourth-order valence-electron chi connectivity index (χ4n) is 1.01. The molecule has 0 saturated carbocycles. The summed E-state index contributed by atoms with van der Waals surface area (Å²) in [7, 11) is 0. The molecule has 2 heterocycles. The second-order valence-corrected chi connectivity index (χ2v) is 3.87. The van der Waals surface area contributed by atoms with Crippen molar-refractivity contribution >= 4 is 45.1 Å². The predicted molar refractivity (Wildman–Crippen MR) is 57.9 cm³/mol. The smallest absolute Gasteiger partial charge is 0.261 e. The van der Waals surface area contributed by atoms with Gasteiger partial charge < -0.3 is 4.98 Å². The highest BCUT2D eigenvalue weighted by atomic mass is 127. The molecule has 2 aromatic rings. The van der Waals surface area contributed by atoms with Crippen molar-refractivity contribution in [2.75, 3.05) is 0 Å². The zero-order valence-corrected chi connectivity index (χ0v) is 9.13. The Hall–Kier alpha value is -0.690. The van der Waals surface area contributed by atoms with Gasteiger partial charge in [-0.15, -0.1) is 0 Å². The highest BCUT2D eigenvalue weighted by Crippen LogP contribution is 2.19. The molecular formula is C7H3ClIN3O. The molecule has 6 heteroatoms. The summed E-state index contributed by atoms with van der Waals surface area (Å²) < 4.78 is 0.808. The first-order chi connectivity index (χ1) is 6.20. The van der Waals surface area contributed by atoms with Crippen molar-refractivity contribution in [3.8, 4) is 0 Å². The van der Waals surface area contributed by atoms with E-state index in [2.05, 4.69) is 37.5 Å². The van der Waals surface area contributed by atoms with Crippen LogP contribution in [-0.2, 0) is 0 Å². The average Bonchev–Trinajstić information content (AvgIpc) is 2.12. The van der Waals surface area contributed by atoms with Crippen LogP contribution in [0.2, 0.25) is 5.15 Å². The zero-order chi connectivity index (χ0) is 9.42. The molecule has 2 rings (SSSR count).